The number of carbonyl (C=O) groups excluding carboxylic acids is 1. The molecule has 1 aliphatic rings. The van der Waals surface area contributed by atoms with Gasteiger partial charge in [0.15, 0.2) is 5.82 Å². The zero-order valence-electron chi connectivity index (χ0n) is 10.5. The summed E-state index contributed by atoms with van der Waals surface area (Å²) in [5, 5.41) is 6.71. The molecule has 0 aromatic carbocycles. The van der Waals surface area contributed by atoms with Crippen LogP contribution in [0.15, 0.2) is 23.2 Å². The molecule has 19 heavy (non-hydrogen) atoms. The van der Waals surface area contributed by atoms with Crippen LogP contribution < -0.4 is 5.32 Å². The van der Waals surface area contributed by atoms with Crippen LogP contribution in [-0.4, -0.2) is 32.1 Å². The van der Waals surface area contributed by atoms with Crippen molar-refractivity contribution in [1.29, 1.82) is 0 Å². The third kappa shape index (κ3) is 3.18. The number of hydrogen-bond donors (Lipinski definition) is 1. The summed E-state index contributed by atoms with van der Waals surface area (Å²) in [6.07, 6.45) is 7.88. The molecule has 1 N–H and O–H groups in total. The van der Waals surface area contributed by atoms with E-state index >= 15 is 0 Å². The lowest BCUT2D eigenvalue weighted by atomic mass is 10.4. The molecule has 0 unspecified atom stereocenters. The number of carbonyl (C=O) groups is 1. The minimum atomic E-state index is -0.0519. The molecular formula is C12H15N5O2. The van der Waals surface area contributed by atoms with Gasteiger partial charge in [0.05, 0.1) is 6.33 Å². The quantitative estimate of drug-likeness (QED) is 0.818. The van der Waals surface area contributed by atoms with Gasteiger partial charge in [-0.2, -0.15) is 4.98 Å². The van der Waals surface area contributed by atoms with E-state index < -0.39 is 0 Å². The van der Waals surface area contributed by atoms with Crippen LogP contribution >= 0.6 is 0 Å². The Labute approximate surface area is 110 Å². The molecule has 100 valence electrons. The number of nitrogens with zero attached hydrogens (tertiary/aromatic N) is 4. The third-order valence-corrected chi connectivity index (χ3v) is 2.97. The van der Waals surface area contributed by atoms with Gasteiger partial charge in [-0.3, -0.25) is 4.79 Å². The van der Waals surface area contributed by atoms with Crippen molar-refractivity contribution in [1.82, 2.24) is 25.0 Å². The van der Waals surface area contributed by atoms with Gasteiger partial charge in [-0.15, -0.1) is 0 Å². The number of amides is 1. The summed E-state index contributed by atoms with van der Waals surface area (Å²) in [5.41, 5.74) is 0. The highest BCUT2D eigenvalue weighted by Crippen LogP contribution is 2.38. The Morgan fingerprint density at radius 2 is 2.42 bits per heavy atom. The lowest BCUT2D eigenvalue weighted by Gasteiger charge is -2.03. The van der Waals surface area contributed by atoms with Crippen molar-refractivity contribution in [2.75, 3.05) is 6.54 Å². The van der Waals surface area contributed by atoms with Crippen molar-refractivity contribution in [3.8, 4) is 0 Å². The van der Waals surface area contributed by atoms with E-state index in [9.17, 15) is 4.79 Å². The van der Waals surface area contributed by atoms with Crippen LogP contribution in [0.2, 0.25) is 0 Å². The Balaban J connectivity index is 1.40. The molecule has 1 aliphatic carbocycles. The first-order valence-electron chi connectivity index (χ1n) is 6.36. The molecule has 0 atom stereocenters. The summed E-state index contributed by atoms with van der Waals surface area (Å²) < 4.78 is 6.86. The second-order valence-corrected chi connectivity index (χ2v) is 4.66. The van der Waals surface area contributed by atoms with Gasteiger partial charge in [0.1, 0.15) is 6.54 Å². The highest BCUT2D eigenvalue weighted by molar-refractivity contribution is 5.75. The molecule has 0 saturated heterocycles. The van der Waals surface area contributed by atoms with E-state index in [1.165, 1.54) is 0 Å². The largest absolute Gasteiger partial charge is 0.354 e. The van der Waals surface area contributed by atoms with E-state index in [4.69, 9.17) is 4.52 Å². The van der Waals surface area contributed by atoms with Crippen molar-refractivity contribution < 1.29 is 9.32 Å². The summed E-state index contributed by atoms with van der Waals surface area (Å²) in [4.78, 5) is 19.8. The van der Waals surface area contributed by atoms with Crippen LogP contribution in [0.3, 0.4) is 0 Å². The Kier molecular flexibility index (Phi) is 3.26. The molecule has 1 amide bonds. The van der Waals surface area contributed by atoms with Crippen LogP contribution in [-0.2, 0) is 17.8 Å². The summed E-state index contributed by atoms with van der Waals surface area (Å²) in [6, 6.07) is 0. The number of hydrogen-bond acceptors (Lipinski definition) is 5. The fourth-order valence-electron chi connectivity index (χ4n) is 1.78. The molecule has 7 heteroatoms. The van der Waals surface area contributed by atoms with Crippen molar-refractivity contribution in [3.05, 3.63) is 30.4 Å². The normalized spacial score (nSPS) is 14.5. The Morgan fingerprint density at radius 3 is 3.16 bits per heavy atom. The molecule has 0 radical (unpaired) electrons. The van der Waals surface area contributed by atoms with Gasteiger partial charge in [-0.1, -0.05) is 5.16 Å². The van der Waals surface area contributed by atoms with Gasteiger partial charge in [-0.05, 0) is 12.8 Å². The number of imidazole rings is 1. The Bertz CT molecular complexity index is 544. The molecule has 0 spiro atoms. The highest BCUT2D eigenvalue weighted by Gasteiger charge is 2.29. The topological polar surface area (TPSA) is 85.8 Å². The predicted molar refractivity (Wildman–Crippen MR) is 65.2 cm³/mol. The monoisotopic (exact) mass is 261 g/mol. The number of aromatic nitrogens is 4. The van der Waals surface area contributed by atoms with Gasteiger partial charge in [-0.25, -0.2) is 4.98 Å². The van der Waals surface area contributed by atoms with Gasteiger partial charge in [0.25, 0.3) is 0 Å². The molecule has 3 rings (SSSR count). The minimum Gasteiger partial charge on any atom is -0.354 e. The molecule has 2 aromatic heterocycles. The summed E-state index contributed by atoms with van der Waals surface area (Å²) in [5.74, 6) is 1.81. The van der Waals surface area contributed by atoms with Gasteiger partial charge < -0.3 is 14.4 Å². The van der Waals surface area contributed by atoms with E-state index in [0.29, 0.717) is 24.7 Å². The average molecular weight is 261 g/mol. The zero-order valence-corrected chi connectivity index (χ0v) is 10.5. The van der Waals surface area contributed by atoms with E-state index in [-0.39, 0.29) is 12.5 Å². The second kappa shape index (κ2) is 5.21. The number of nitrogens with one attached hydrogen (secondary N) is 1. The lowest BCUT2D eigenvalue weighted by Crippen LogP contribution is -2.29. The predicted octanol–water partition coefficient (Wildman–Crippen LogP) is 0.502. The van der Waals surface area contributed by atoms with Gasteiger partial charge in [0, 0.05) is 31.3 Å². The van der Waals surface area contributed by atoms with Crippen molar-refractivity contribution in [2.45, 2.75) is 31.7 Å². The third-order valence-electron chi connectivity index (χ3n) is 2.97. The Morgan fingerprint density at radius 1 is 1.53 bits per heavy atom. The van der Waals surface area contributed by atoms with Crippen molar-refractivity contribution in [2.24, 2.45) is 0 Å². The summed E-state index contributed by atoms with van der Waals surface area (Å²) in [7, 11) is 0. The van der Waals surface area contributed by atoms with Crippen LogP contribution in [0.5, 0.6) is 0 Å². The maximum Gasteiger partial charge on any atom is 0.239 e. The number of rotatable bonds is 6. The zero-order chi connectivity index (χ0) is 13.1. The van der Waals surface area contributed by atoms with Crippen LogP contribution in [0.4, 0.5) is 0 Å². The highest BCUT2D eigenvalue weighted by atomic mass is 16.5. The van der Waals surface area contributed by atoms with Crippen LogP contribution in [0.25, 0.3) is 0 Å². The Hall–Kier alpha value is -2.18. The van der Waals surface area contributed by atoms with Crippen molar-refractivity contribution >= 4 is 5.91 Å². The molecule has 1 fully saturated rings. The molecule has 2 heterocycles. The van der Waals surface area contributed by atoms with Crippen LogP contribution in [0.1, 0.15) is 30.5 Å². The standard InChI is InChI=1S/C12H15N5O2/c18-11(7-17-6-5-13-8-17)14-4-3-10-15-12(19-16-10)9-1-2-9/h5-6,8-9H,1-4,7H2,(H,14,18). The molecular weight excluding hydrogens is 246 g/mol. The maximum absolute atomic E-state index is 11.6. The van der Waals surface area contributed by atoms with Gasteiger partial charge in [0.2, 0.25) is 11.8 Å². The van der Waals surface area contributed by atoms with E-state index in [1.807, 2.05) is 0 Å². The first kappa shape index (κ1) is 11.9. The molecule has 0 bridgehead atoms. The smallest absolute Gasteiger partial charge is 0.239 e. The lowest BCUT2D eigenvalue weighted by molar-refractivity contribution is -0.121. The van der Waals surface area contributed by atoms with E-state index in [0.717, 1.165) is 18.7 Å². The van der Waals surface area contributed by atoms with E-state index in [2.05, 4.69) is 20.4 Å². The molecule has 7 nitrogen and oxygen atoms in total. The first-order valence-corrected chi connectivity index (χ1v) is 6.36. The van der Waals surface area contributed by atoms with Crippen molar-refractivity contribution in [3.63, 3.8) is 0 Å². The first-order chi connectivity index (χ1) is 9.31. The summed E-state index contributed by atoms with van der Waals surface area (Å²) >= 11 is 0. The van der Waals surface area contributed by atoms with E-state index in [1.54, 1.807) is 23.3 Å². The average Bonchev–Trinajstić information content (AvgIpc) is 2.92. The SMILES string of the molecule is O=C(Cn1ccnc1)NCCc1noc(C2CC2)n1. The summed E-state index contributed by atoms with van der Waals surface area (Å²) in [6.45, 7) is 0.788. The van der Waals surface area contributed by atoms with Crippen LogP contribution in [0, 0.1) is 0 Å². The molecule has 1 saturated carbocycles. The maximum atomic E-state index is 11.6. The molecule has 2 aromatic rings. The fourth-order valence-corrected chi connectivity index (χ4v) is 1.78. The molecule has 0 aliphatic heterocycles. The fraction of sp³-hybridized carbons (Fsp3) is 0.500. The van der Waals surface area contributed by atoms with Gasteiger partial charge >= 0.3 is 0 Å². The second-order valence-electron chi connectivity index (χ2n) is 4.66. The minimum absolute atomic E-state index is 0.0519.